The Balaban J connectivity index is 1.44. The number of piperidine rings is 1. The zero-order chi connectivity index (χ0) is 19.8. The van der Waals surface area contributed by atoms with Crippen LogP contribution in [0.1, 0.15) is 30.9 Å². The van der Waals surface area contributed by atoms with Gasteiger partial charge in [-0.15, -0.1) is 0 Å². The molecular weight excluding hydrogens is 372 g/mol. The Morgan fingerprint density at radius 2 is 2.00 bits per heavy atom. The Morgan fingerprint density at radius 1 is 1.25 bits per heavy atom. The highest BCUT2D eigenvalue weighted by atomic mass is 35.5. The van der Waals surface area contributed by atoms with E-state index in [9.17, 15) is 0 Å². The first-order chi connectivity index (χ1) is 13.6. The maximum atomic E-state index is 5.98. The fraction of sp³-hybridized carbons (Fsp3) is 0.524. The van der Waals surface area contributed by atoms with Crippen LogP contribution < -0.4 is 10.6 Å². The summed E-state index contributed by atoms with van der Waals surface area (Å²) < 4.78 is 1.94. The minimum Gasteiger partial charge on any atom is -0.357 e. The molecule has 1 fully saturated rings. The molecule has 28 heavy (non-hydrogen) atoms. The number of guanidine groups is 1. The maximum absolute atomic E-state index is 5.98. The number of hydrogen-bond donors (Lipinski definition) is 2. The van der Waals surface area contributed by atoms with Gasteiger partial charge in [0.1, 0.15) is 0 Å². The van der Waals surface area contributed by atoms with Gasteiger partial charge < -0.3 is 10.6 Å². The number of nitrogens with zero attached hydrogens (tertiary/aromatic N) is 4. The van der Waals surface area contributed by atoms with Crippen molar-refractivity contribution in [2.24, 2.45) is 4.99 Å². The minimum absolute atomic E-state index is 0.464. The lowest BCUT2D eigenvalue weighted by molar-refractivity contribution is 0.198. The normalized spacial score (nSPS) is 16.3. The van der Waals surface area contributed by atoms with Gasteiger partial charge >= 0.3 is 0 Å². The van der Waals surface area contributed by atoms with Crippen LogP contribution in [0.4, 0.5) is 0 Å². The summed E-state index contributed by atoms with van der Waals surface area (Å²) in [7, 11) is 0. The summed E-state index contributed by atoms with van der Waals surface area (Å²) >= 11 is 5.98. The smallest absolute Gasteiger partial charge is 0.191 e. The average molecular weight is 403 g/mol. The molecule has 1 aliphatic rings. The van der Waals surface area contributed by atoms with Crippen LogP contribution in [0.2, 0.25) is 5.02 Å². The van der Waals surface area contributed by atoms with Gasteiger partial charge in [-0.1, -0.05) is 23.7 Å². The number of likely N-dealkylation sites (tertiary alicyclic amines) is 1. The molecule has 1 aromatic carbocycles. The first-order valence-corrected chi connectivity index (χ1v) is 10.5. The van der Waals surface area contributed by atoms with E-state index in [4.69, 9.17) is 16.6 Å². The highest BCUT2D eigenvalue weighted by Gasteiger charge is 2.20. The standard InChI is InChI=1S/C21H31ClN6/c1-3-23-21(24-10-13-28-15-17(2)14-25-28)26-20-8-11-27(12-9-20)16-18-4-6-19(22)7-5-18/h4-7,14-15,20H,3,8-13,16H2,1-2H3,(H2,23,24,26). The van der Waals surface area contributed by atoms with Crippen molar-refractivity contribution in [2.45, 2.75) is 45.8 Å². The topological polar surface area (TPSA) is 57.5 Å². The Morgan fingerprint density at radius 3 is 2.64 bits per heavy atom. The van der Waals surface area contributed by atoms with E-state index in [2.05, 4.69) is 46.6 Å². The van der Waals surface area contributed by atoms with Crippen molar-refractivity contribution in [1.29, 1.82) is 0 Å². The Labute approximate surface area is 173 Å². The predicted molar refractivity (Wildman–Crippen MR) is 116 cm³/mol. The Kier molecular flexibility index (Phi) is 7.74. The van der Waals surface area contributed by atoms with Crippen molar-refractivity contribution >= 4 is 17.6 Å². The fourth-order valence-electron chi connectivity index (χ4n) is 3.45. The van der Waals surface area contributed by atoms with Crippen molar-refractivity contribution in [1.82, 2.24) is 25.3 Å². The van der Waals surface area contributed by atoms with E-state index in [0.29, 0.717) is 12.6 Å². The van der Waals surface area contributed by atoms with Gasteiger partial charge in [-0.25, -0.2) is 0 Å². The summed E-state index contributed by atoms with van der Waals surface area (Å²) in [6, 6.07) is 8.63. The van der Waals surface area contributed by atoms with Crippen LogP contribution in [0, 0.1) is 6.92 Å². The number of aryl methyl sites for hydroxylation is 1. The second-order valence-electron chi connectivity index (χ2n) is 7.36. The van der Waals surface area contributed by atoms with Gasteiger partial charge in [0.25, 0.3) is 0 Å². The van der Waals surface area contributed by atoms with Crippen molar-refractivity contribution in [2.75, 3.05) is 26.2 Å². The van der Waals surface area contributed by atoms with Crippen LogP contribution in [0.5, 0.6) is 0 Å². The summed E-state index contributed by atoms with van der Waals surface area (Å²) in [4.78, 5) is 7.22. The van der Waals surface area contributed by atoms with Gasteiger partial charge in [-0.05, 0) is 49.9 Å². The summed E-state index contributed by atoms with van der Waals surface area (Å²) in [5, 5.41) is 12.1. The molecule has 1 aromatic heterocycles. The molecule has 0 radical (unpaired) electrons. The lowest BCUT2D eigenvalue weighted by atomic mass is 10.0. The zero-order valence-electron chi connectivity index (χ0n) is 16.9. The molecule has 0 bridgehead atoms. The number of aromatic nitrogens is 2. The second kappa shape index (κ2) is 10.5. The number of nitrogens with one attached hydrogen (secondary N) is 2. The SMILES string of the molecule is CCNC(=NCCn1cc(C)cn1)NC1CCN(Cc2ccc(Cl)cc2)CC1. The van der Waals surface area contributed by atoms with Gasteiger partial charge in [-0.2, -0.15) is 5.10 Å². The quantitative estimate of drug-likeness (QED) is 0.552. The Bertz CT molecular complexity index is 747. The number of rotatable bonds is 7. The van der Waals surface area contributed by atoms with Crippen LogP contribution >= 0.6 is 11.6 Å². The summed E-state index contributed by atoms with van der Waals surface area (Å²) in [5.74, 6) is 0.905. The first kappa shape index (κ1) is 20.7. The lowest BCUT2D eigenvalue weighted by Gasteiger charge is -2.33. The average Bonchev–Trinajstić information content (AvgIpc) is 3.10. The minimum atomic E-state index is 0.464. The molecule has 2 aromatic rings. The van der Waals surface area contributed by atoms with E-state index >= 15 is 0 Å². The zero-order valence-corrected chi connectivity index (χ0v) is 17.6. The molecule has 2 N–H and O–H groups in total. The van der Waals surface area contributed by atoms with Crippen LogP contribution in [0.15, 0.2) is 41.7 Å². The third kappa shape index (κ3) is 6.53. The third-order valence-electron chi connectivity index (χ3n) is 4.95. The molecule has 2 heterocycles. The molecule has 0 aliphatic carbocycles. The van der Waals surface area contributed by atoms with Crippen LogP contribution in [-0.4, -0.2) is 52.9 Å². The molecule has 0 saturated carbocycles. The van der Waals surface area contributed by atoms with E-state index in [1.54, 1.807) is 0 Å². The summed E-state index contributed by atoms with van der Waals surface area (Å²) in [6.45, 7) is 9.69. The number of halogens is 1. The van der Waals surface area contributed by atoms with Crippen molar-refractivity contribution in [3.05, 3.63) is 52.8 Å². The highest BCUT2D eigenvalue weighted by Crippen LogP contribution is 2.16. The molecule has 3 rings (SSSR count). The van der Waals surface area contributed by atoms with Crippen molar-refractivity contribution < 1.29 is 0 Å². The molecule has 6 nitrogen and oxygen atoms in total. The number of hydrogen-bond acceptors (Lipinski definition) is 3. The van der Waals surface area contributed by atoms with E-state index in [-0.39, 0.29) is 0 Å². The molecular formula is C21H31ClN6. The van der Waals surface area contributed by atoms with Crippen LogP contribution in [0.3, 0.4) is 0 Å². The van der Waals surface area contributed by atoms with Gasteiger partial charge in [0.05, 0.1) is 19.3 Å². The number of aliphatic imine (C=N–C) groups is 1. The first-order valence-electron chi connectivity index (χ1n) is 10.1. The molecule has 1 aliphatic heterocycles. The largest absolute Gasteiger partial charge is 0.357 e. The van der Waals surface area contributed by atoms with Crippen molar-refractivity contribution in [3.63, 3.8) is 0 Å². The molecule has 0 amide bonds. The molecule has 152 valence electrons. The molecule has 1 saturated heterocycles. The van der Waals surface area contributed by atoms with Gasteiger partial charge in [0.2, 0.25) is 0 Å². The van der Waals surface area contributed by atoms with Crippen molar-refractivity contribution in [3.8, 4) is 0 Å². The van der Waals surface area contributed by atoms with E-state index in [0.717, 1.165) is 56.5 Å². The predicted octanol–water partition coefficient (Wildman–Crippen LogP) is 3.06. The van der Waals surface area contributed by atoms with E-state index < -0.39 is 0 Å². The van der Waals surface area contributed by atoms with Crippen LogP contribution in [-0.2, 0) is 13.1 Å². The lowest BCUT2D eigenvalue weighted by Crippen LogP contribution is -2.48. The van der Waals surface area contributed by atoms with Gasteiger partial charge in [-0.3, -0.25) is 14.6 Å². The van der Waals surface area contributed by atoms with E-state index in [1.165, 1.54) is 11.1 Å². The second-order valence-corrected chi connectivity index (χ2v) is 7.80. The van der Waals surface area contributed by atoms with Gasteiger partial charge in [0, 0.05) is 43.4 Å². The Hall–Kier alpha value is -2.05. The maximum Gasteiger partial charge on any atom is 0.191 e. The third-order valence-corrected chi connectivity index (χ3v) is 5.21. The van der Waals surface area contributed by atoms with Crippen LogP contribution in [0.25, 0.3) is 0 Å². The fourth-order valence-corrected chi connectivity index (χ4v) is 3.58. The molecule has 0 unspecified atom stereocenters. The monoisotopic (exact) mass is 402 g/mol. The highest BCUT2D eigenvalue weighted by molar-refractivity contribution is 6.30. The summed E-state index contributed by atoms with van der Waals surface area (Å²) in [6.07, 6.45) is 6.17. The molecule has 0 spiro atoms. The molecule has 0 atom stereocenters. The van der Waals surface area contributed by atoms with Gasteiger partial charge in [0.15, 0.2) is 5.96 Å². The molecule has 7 heteroatoms. The summed E-state index contributed by atoms with van der Waals surface area (Å²) in [5.41, 5.74) is 2.50. The van der Waals surface area contributed by atoms with E-state index in [1.807, 2.05) is 29.2 Å². The number of benzene rings is 1.